The molecule has 3 aromatic rings. The third kappa shape index (κ3) is 5.25. The van der Waals surface area contributed by atoms with Gasteiger partial charge in [0.05, 0.1) is 16.8 Å². The molecule has 0 unspecified atom stereocenters. The smallest absolute Gasteiger partial charge is 0.335 e. The molecule has 1 aromatic carbocycles. The van der Waals surface area contributed by atoms with Crippen molar-refractivity contribution in [3.8, 4) is 0 Å². The maximum absolute atomic E-state index is 12.9. The van der Waals surface area contributed by atoms with Crippen molar-refractivity contribution in [1.82, 2.24) is 25.2 Å². The number of aryl methyl sites for hydroxylation is 1. The number of aromatic carboxylic acids is 1. The fourth-order valence-corrected chi connectivity index (χ4v) is 4.08. The van der Waals surface area contributed by atoms with Crippen LogP contribution in [0.1, 0.15) is 66.9 Å². The lowest BCUT2D eigenvalue weighted by atomic mass is 9.90. The van der Waals surface area contributed by atoms with Gasteiger partial charge in [-0.15, -0.1) is 0 Å². The van der Waals surface area contributed by atoms with Crippen LogP contribution >= 0.6 is 0 Å². The number of hydrogen-bond donors (Lipinski definition) is 2. The Labute approximate surface area is 196 Å². The van der Waals surface area contributed by atoms with Crippen molar-refractivity contribution < 1.29 is 19.5 Å². The summed E-state index contributed by atoms with van der Waals surface area (Å²) in [5.41, 5.74) is 2.46. The number of likely N-dealkylation sites (tertiary alicyclic amines) is 1. The average Bonchev–Trinajstić information content (AvgIpc) is 2.87. The maximum atomic E-state index is 12.9. The van der Waals surface area contributed by atoms with Gasteiger partial charge in [0.1, 0.15) is 5.82 Å². The number of carboxylic acids is 1. The highest BCUT2D eigenvalue weighted by Gasteiger charge is 2.29. The van der Waals surface area contributed by atoms with E-state index in [2.05, 4.69) is 20.3 Å². The standard InChI is InChI=1S/C25H25N5O4/c1-16-27-15-21(23(31)28-14-17-4-3-9-26-13-17)22(29-16)18-7-10-30(11-8-18)24(32)19-5-2-6-20(12-19)25(33)34/h2-6,9,12-13,15,18H,7-8,10-11,14H2,1H3,(H,28,31)(H,33,34). The van der Waals surface area contributed by atoms with Gasteiger partial charge in [0, 0.05) is 49.7 Å². The van der Waals surface area contributed by atoms with Crippen molar-refractivity contribution in [3.05, 3.63) is 88.8 Å². The number of carbonyl (C=O) groups is 3. The molecule has 9 heteroatoms. The van der Waals surface area contributed by atoms with E-state index >= 15 is 0 Å². The van der Waals surface area contributed by atoms with E-state index in [1.54, 1.807) is 42.5 Å². The monoisotopic (exact) mass is 459 g/mol. The van der Waals surface area contributed by atoms with E-state index in [9.17, 15) is 19.5 Å². The molecule has 2 aromatic heterocycles. The third-order valence-electron chi connectivity index (χ3n) is 5.88. The summed E-state index contributed by atoms with van der Waals surface area (Å²) in [6, 6.07) is 9.76. The van der Waals surface area contributed by atoms with Gasteiger partial charge in [-0.1, -0.05) is 12.1 Å². The van der Waals surface area contributed by atoms with E-state index in [1.807, 2.05) is 12.1 Å². The van der Waals surface area contributed by atoms with Crippen LogP contribution in [0, 0.1) is 6.92 Å². The number of amides is 2. The van der Waals surface area contributed by atoms with Crippen LogP contribution in [0.4, 0.5) is 0 Å². The number of benzene rings is 1. The number of hydrogen-bond acceptors (Lipinski definition) is 6. The van der Waals surface area contributed by atoms with Gasteiger partial charge in [0.2, 0.25) is 0 Å². The van der Waals surface area contributed by atoms with Crippen molar-refractivity contribution in [2.24, 2.45) is 0 Å². The Balaban J connectivity index is 1.44. The first-order valence-electron chi connectivity index (χ1n) is 11.1. The molecule has 0 aliphatic carbocycles. The highest BCUT2D eigenvalue weighted by atomic mass is 16.4. The van der Waals surface area contributed by atoms with Gasteiger partial charge in [0.15, 0.2) is 0 Å². The average molecular weight is 460 g/mol. The fourth-order valence-electron chi connectivity index (χ4n) is 4.08. The van der Waals surface area contributed by atoms with Crippen LogP contribution < -0.4 is 5.32 Å². The molecule has 1 aliphatic heterocycles. The van der Waals surface area contributed by atoms with Gasteiger partial charge in [-0.05, 0) is 49.6 Å². The molecular weight excluding hydrogens is 434 g/mol. The van der Waals surface area contributed by atoms with Crippen LogP contribution in [0.5, 0.6) is 0 Å². The number of aromatic nitrogens is 3. The Bertz CT molecular complexity index is 1210. The predicted molar refractivity (Wildman–Crippen MR) is 123 cm³/mol. The molecule has 0 spiro atoms. The third-order valence-corrected chi connectivity index (χ3v) is 5.88. The number of nitrogens with zero attached hydrogens (tertiary/aromatic N) is 4. The van der Waals surface area contributed by atoms with Crippen molar-refractivity contribution in [2.45, 2.75) is 32.2 Å². The molecule has 174 valence electrons. The zero-order chi connectivity index (χ0) is 24.1. The molecule has 0 radical (unpaired) electrons. The van der Waals surface area contributed by atoms with E-state index in [0.29, 0.717) is 55.1 Å². The largest absolute Gasteiger partial charge is 0.478 e. The minimum absolute atomic E-state index is 0.00949. The Hall–Kier alpha value is -4.14. The Morgan fingerprint density at radius 1 is 1.09 bits per heavy atom. The summed E-state index contributed by atoms with van der Waals surface area (Å²) in [6.07, 6.45) is 6.22. The van der Waals surface area contributed by atoms with E-state index in [4.69, 9.17) is 0 Å². The molecule has 4 rings (SSSR count). The summed E-state index contributed by atoms with van der Waals surface area (Å²) in [6.45, 7) is 3.11. The minimum Gasteiger partial charge on any atom is -0.478 e. The van der Waals surface area contributed by atoms with Crippen LogP contribution in [-0.4, -0.2) is 55.8 Å². The lowest BCUT2D eigenvalue weighted by molar-refractivity contribution is 0.0696. The number of pyridine rings is 1. The molecule has 1 aliphatic rings. The molecule has 0 bridgehead atoms. The van der Waals surface area contributed by atoms with Crippen LogP contribution in [0.25, 0.3) is 0 Å². The van der Waals surface area contributed by atoms with Crippen molar-refractivity contribution in [3.63, 3.8) is 0 Å². The molecular formula is C25H25N5O4. The molecule has 2 amide bonds. The summed E-state index contributed by atoms with van der Waals surface area (Å²) in [4.78, 5) is 51.6. The minimum atomic E-state index is -1.07. The van der Waals surface area contributed by atoms with Crippen molar-refractivity contribution in [2.75, 3.05) is 13.1 Å². The van der Waals surface area contributed by atoms with Gasteiger partial charge >= 0.3 is 5.97 Å². The van der Waals surface area contributed by atoms with Gasteiger partial charge in [0.25, 0.3) is 11.8 Å². The van der Waals surface area contributed by atoms with Crippen LogP contribution in [0.2, 0.25) is 0 Å². The first-order valence-corrected chi connectivity index (χ1v) is 11.1. The van der Waals surface area contributed by atoms with Gasteiger partial charge in [-0.2, -0.15) is 0 Å². The molecule has 2 N–H and O–H groups in total. The molecule has 1 fully saturated rings. The quantitative estimate of drug-likeness (QED) is 0.581. The summed E-state index contributed by atoms with van der Waals surface area (Å²) in [7, 11) is 0. The van der Waals surface area contributed by atoms with E-state index < -0.39 is 5.97 Å². The zero-order valence-electron chi connectivity index (χ0n) is 18.8. The fraction of sp³-hybridized carbons (Fsp3) is 0.280. The Morgan fingerprint density at radius 3 is 2.56 bits per heavy atom. The number of carbonyl (C=O) groups excluding carboxylic acids is 2. The first kappa shape index (κ1) is 23.0. The SMILES string of the molecule is Cc1ncc(C(=O)NCc2cccnc2)c(C2CCN(C(=O)c3cccc(C(=O)O)c3)CC2)n1. The Morgan fingerprint density at radius 2 is 1.85 bits per heavy atom. The van der Waals surface area contributed by atoms with E-state index in [1.165, 1.54) is 12.1 Å². The Kier molecular flexibility index (Phi) is 6.91. The first-order chi connectivity index (χ1) is 16.4. The summed E-state index contributed by atoms with van der Waals surface area (Å²) in [5.74, 6) is -0.919. The number of rotatable bonds is 6. The van der Waals surface area contributed by atoms with E-state index in [-0.39, 0.29) is 23.3 Å². The zero-order valence-corrected chi connectivity index (χ0v) is 18.8. The van der Waals surface area contributed by atoms with Crippen LogP contribution in [-0.2, 0) is 6.54 Å². The topological polar surface area (TPSA) is 125 Å². The second kappa shape index (κ2) is 10.2. The maximum Gasteiger partial charge on any atom is 0.335 e. The molecule has 9 nitrogen and oxygen atoms in total. The summed E-state index contributed by atoms with van der Waals surface area (Å²) >= 11 is 0. The van der Waals surface area contributed by atoms with Crippen molar-refractivity contribution in [1.29, 1.82) is 0 Å². The van der Waals surface area contributed by atoms with E-state index in [0.717, 1.165) is 5.56 Å². The van der Waals surface area contributed by atoms with Gasteiger partial charge < -0.3 is 15.3 Å². The summed E-state index contributed by atoms with van der Waals surface area (Å²) < 4.78 is 0. The second-order valence-corrected chi connectivity index (χ2v) is 8.21. The van der Waals surface area contributed by atoms with Crippen molar-refractivity contribution >= 4 is 17.8 Å². The highest BCUT2D eigenvalue weighted by Crippen LogP contribution is 2.30. The molecule has 0 atom stereocenters. The lowest BCUT2D eigenvalue weighted by Crippen LogP contribution is -2.38. The molecule has 34 heavy (non-hydrogen) atoms. The normalized spacial score (nSPS) is 14.0. The number of nitrogens with one attached hydrogen (secondary N) is 1. The number of piperidine rings is 1. The lowest BCUT2D eigenvalue weighted by Gasteiger charge is -2.32. The van der Waals surface area contributed by atoms with Crippen LogP contribution in [0.15, 0.2) is 55.0 Å². The summed E-state index contributed by atoms with van der Waals surface area (Å²) in [5, 5.41) is 12.1. The second-order valence-electron chi connectivity index (χ2n) is 8.21. The number of carboxylic acid groups (broad SMARTS) is 1. The molecule has 0 saturated carbocycles. The highest BCUT2D eigenvalue weighted by molar-refractivity contribution is 5.97. The van der Waals surface area contributed by atoms with Crippen LogP contribution in [0.3, 0.4) is 0 Å². The predicted octanol–water partition coefficient (Wildman–Crippen LogP) is 2.83. The molecule has 1 saturated heterocycles. The van der Waals surface area contributed by atoms with Gasteiger partial charge in [-0.25, -0.2) is 14.8 Å². The van der Waals surface area contributed by atoms with Gasteiger partial charge in [-0.3, -0.25) is 14.6 Å². The molecule has 3 heterocycles.